The summed E-state index contributed by atoms with van der Waals surface area (Å²) in [5, 5.41) is 11.0. The van der Waals surface area contributed by atoms with Crippen molar-refractivity contribution in [3.8, 4) is 0 Å². The van der Waals surface area contributed by atoms with Crippen LogP contribution in [-0.2, 0) is 19.4 Å². The predicted octanol–water partition coefficient (Wildman–Crippen LogP) is 5.95. The van der Waals surface area contributed by atoms with E-state index < -0.39 is 11.9 Å². The van der Waals surface area contributed by atoms with Gasteiger partial charge in [0.15, 0.2) is 0 Å². The van der Waals surface area contributed by atoms with Crippen molar-refractivity contribution in [1.29, 1.82) is 0 Å². The Labute approximate surface area is 195 Å². The number of primary amides is 1. The van der Waals surface area contributed by atoms with Crippen LogP contribution < -0.4 is 5.73 Å². The molecule has 1 atom stereocenters. The zero-order valence-electron chi connectivity index (χ0n) is 19.5. The van der Waals surface area contributed by atoms with Gasteiger partial charge < -0.3 is 15.4 Å². The Hall–Kier alpha value is -3.08. The second kappa shape index (κ2) is 10.2. The molecule has 0 saturated heterocycles. The lowest BCUT2D eigenvalue weighted by atomic mass is 9.93. The first-order chi connectivity index (χ1) is 16.0. The molecule has 3 N–H and O–H groups in total. The van der Waals surface area contributed by atoms with Crippen molar-refractivity contribution in [1.82, 2.24) is 4.57 Å². The highest BCUT2D eigenvalue weighted by atomic mass is 16.4. The van der Waals surface area contributed by atoms with Gasteiger partial charge in [0, 0.05) is 23.2 Å². The monoisotopic (exact) mass is 446 g/mol. The lowest BCUT2D eigenvalue weighted by Gasteiger charge is -2.18. The molecule has 0 radical (unpaired) electrons. The third-order valence-electron chi connectivity index (χ3n) is 7.13. The maximum atomic E-state index is 12.2. The zero-order chi connectivity index (χ0) is 23.4. The summed E-state index contributed by atoms with van der Waals surface area (Å²) in [6.07, 6.45) is 10.5. The predicted molar refractivity (Wildman–Crippen MR) is 132 cm³/mol. The van der Waals surface area contributed by atoms with Crippen molar-refractivity contribution < 1.29 is 14.7 Å². The standard InChI is InChI=1S/C28H34N2O3/c1-2-3-4-5-10-19-11-8-14-22-23-15-9-16-24(28(32)33)26(23)30(25(22)17-19)18-20-12-6-7-13-21(20)27(29)31/h6-7,9,12-13,15-16,19H,2-5,8,10-11,14,17-18H2,1H3,(H2,29,31)(H,32,33). The number of rotatable bonds is 9. The minimum Gasteiger partial charge on any atom is -0.478 e. The Morgan fingerprint density at radius 3 is 2.61 bits per heavy atom. The number of hydrogen-bond acceptors (Lipinski definition) is 2. The summed E-state index contributed by atoms with van der Waals surface area (Å²) < 4.78 is 2.17. The first kappa shape index (κ1) is 23.1. The van der Waals surface area contributed by atoms with Gasteiger partial charge in [-0.1, -0.05) is 69.4 Å². The van der Waals surface area contributed by atoms with Gasteiger partial charge in [-0.15, -0.1) is 0 Å². The fourth-order valence-corrected chi connectivity index (χ4v) is 5.51. The van der Waals surface area contributed by atoms with Crippen LogP contribution in [0.3, 0.4) is 0 Å². The molecule has 5 nitrogen and oxygen atoms in total. The van der Waals surface area contributed by atoms with Crippen molar-refractivity contribution >= 4 is 22.8 Å². The van der Waals surface area contributed by atoms with Crippen LogP contribution in [0.2, 0.25) is 0 Å². The van der Waals surface area contributed by atoms with Crippen molar-refractivity contribution in [2.75, 3.05) is 0 Å². The van der Waals surface area contributed by atoms with Gasteiger partial charge in [-0.25, -0.2) is 4.79 Å². The number of fused-ring (bicyclic) bond motifs is 3. The van der Waals surface area contributed by atoms with Crippen LogP contribution in [-0.4, -0.2) is 21.6 Å². The first-order valence-electron chi connectivity index (χ1n) is 12.2. The SMILES string of the molecule is CCCCCCC1CCCc2c(n(Cc3ccccc3C(N)=O)c3c(C(=O)O)cccc23)C1. The van der Waals surface area contributed by atoms with Gasteiger partial charge in [0.2, 0.25) is 5.91 Å². The molecule has 3 aromatic rings. The molecule has 0 aliphatic heterocycles. The van der Waals surface area contributed by atoms with Crippen LogP contribution in [0.25, 0.3) is 10.9 Å². The summed E-state index contributed by atoms with van der Waals surface area (Å²) >= 11 is 0. The zero-order valence-corrected chi connectivity index (χ0v) is 19.5. The van der Waals surface area contributed by atoms with Crippen LogP contribution in [0.15, 0.2) is 42.5 Å². The van der Waals surface area contributed by atoms with Crippen LogP contribution in [0.1, 0.15) is 89.4 Å². The molecular formula is C28H34N2O3. The fourth-order valence-electron chi connectivity index (χ4n) is 5.51. The van der Waals surface area contributed by atoms with Gasteiger partial charge in [0.25, 0.3) is 0 Å². The Bertz CT molecular complexity index is 1160. The number of aromatic carboxylic acids is 1. The summed E-state index contributed by atoms with van der Waals surface area (Å²) in [7, 11) is 0. The average Bonchev–Trinajstić information content (AvgIpc) is 2.95. The maximum Gasteiger partial charge on any atom is 0.337 e. The number of unbranched alkanes of at least 4 members (excludes halogenated alkanes) is 3. The topological polar surface area (TPSA) is 85.3 Å². The minimum atomic E-state index is -0.922. The quantitative estimate of drug-likeness (QED) is 0.314. The van der Waals surface area contributed by atoms with E-state index in [9.17, 15) is 14.7 Å². The van der Waals surface area contributed by atoms with Gasteiger partial charge in [-0.2, -0.15) is 0 Å². The molecule has 1 amide bonds. The fraction of sp³-hybridized carbons (Fsp3) is 0.429. The smallest absolute Gasteiger partial charge is 0.337 e. The van der Waals surface area contributed by atoms with E-state index >= 15 is 0 Å². The molecule has 0 fully saturated rings. The number of hydrogen-bond donors (Lipinski definition) is 2. The first-order valence-corrected chi connectivity index (χ1v) is 12.2. The van der Waals surface area contributed by atoms with Crippen LogP contribution >= 0.6 is 0 Å². The van der Waals surface area contributed by atoms with Gasteiger partial charge in [0.1, 0.15) is 0 Å². The second-order valence-electron chi connectivity index (χ2n) is 9.35. The van der Waals surface area contributed by atoms with Crippen LogP contribution in [0.4, 0.5) is 0 Å². The van der Waals surface area contributed by atoms with E-state index in [1.54, 1.807) is 12.1 Å². The minimum absolute atomic E-state index is 0.316. The highest BCUT2D eigenvalue weighted by Crippen LogP contribution is 2.37. The van der Waals surface area contributed by atoms with E-state index in [4.69, 9.17) is 5.73 Å². The number of benzene rings is 2. The highest BCUT2D eigenvalue weighted by molar-refractivity contribution is 6.04. The molecule has 1 unspecified atom stereocenters. The number of nitrogens with zero attached hydrogens (tertiary/aromatic N) is 1. The number of carbonyl (C=O) groups excluding carboxylic acids is 1. The largest absolute Gasteiger partial charge is 0.478 e. The highest BCUT2D eigenvalue weighted by Gasteiger charge is 2.26. The van der Waals surface area contributed by atoms with Crippen LogP contribution in [0.5, 0.6) is 0 Å². The summed E-state index contributed by atoms with van der Waals surface area (Å²) in [4.78, 5) is 24.2. The molecule has 5 heteroatoms. The summed E-state index contributed by atoms with van der Waals surface area (Å²) in [6.45, 7) is 2.68. The number of aryl methyl sites for hydroxylation is 1. The van der Waals surface area contributed by atoms with Gasteiger partial charge in [0.05, 0.1) is 11.1 Å². The number of nitrogens with two attached hydrogens (primary N) is 1. The molecule has 0 bridgehead atoms. The molecule has 0 saturated carbocycles. The molecule has 33 heavy (non-hydrogen) atoms. The molecular weight excluding hydrogens is 412 g/mol. The van der Waals surface area contributed by atoms with E-state index in [1.807, 2.05) is 24.3 Å². The lowest BCUT2D eigenvalue weighted by Crippen LogP contribution is -2.17. The number of para-hydroxylation sites is 1. The van der Waals surface area contributed by atoms with Gasteiger partial charge >= 0.3 is 5.97 Å². The summed E-state index contributed by atoms with van der Waals surface area (Å²) in [5.41, 5.74) is 10.6. The molecule has 174 valence electrons. The number of carboxylic acid groups (broad SMARTS) is 1. The number of aromatic nitrogens is 1. The Morgan fingerprint density at radius 2 is 1.85 bits per heavy atom. The van der Waals surface area contributed by atoms with E-state index in [0.717, 1.165) is 35.7 Å². The van der Waals surface area contributed by atoms with E-state index in [-0.39, 0.29) is 0 Å². The third kappa shape index (κ3) is 4.82. The molecule has 1 aromatic heterocycles. The van der Waals surface area contributed by atoms with E-state index in [0.29, 0.717) is 23.6 Å². The third-order valence-corrected chi connectivity index (χ3v) is 7.13. The van der Waals surface area contributed by atoms with Crippen molar-refractivity contribution in [3.63, 3.8) is 0 Å². The molecule has 1 aliphatic carbocycles. The second-order valence-corrected chi connectivity index (χ2v) is 9.35. The van der Waals surface area contributed by atoms with Crippen molar-refractivity contribution in [3.05, 3.63) is 70.4 Å². The number of amides is 1. The number of carbonyl (C=O) groups is 2. The molecule has 4 rings (SSSR count). The van der Waals surface area contributed by atoms with E-state index in [2.05, 4.69) is 17.6 Å². The van der Waals surface area contributed by atoms with Crippen molar-refractivity contribution in [2.45, 2.75) is 71.3 Å². The van der Waals surface area contributed by atoms with Crippen LogP contribution in [0, 0.1) is 5.92 Å². The maximum absolute atomic E-state index is 12.2. The average molecular weight is 447 g/mol. The molecule has 2 aromatic carbocycles. The lowest BCUT2D eigenvalue weighted by molar-refractivity contribution is 0.0698. The van der Waals surface area contributed by atoms with E-state index in [1.165, 1.54) is 49.8 Å². The van der Waals surface area contributed by atoms with Gasteiger partial charge in [-0.05, 0) is 54.9 Å². The van der Waals surface area contributed by atoms with Crippen molar-refractivity contribution in [2.24, 2.45) is 11.7 Å². The molecule has 0 spiro atoms. The number of carboxylic acids is 1. The molecule has 1 aliphatic rings. The Kier molecular flexibility index (Phi) is 7.17. The van der Waals surface area contributed by atoms with Gasteiger partial charge in [-0.3, -0.25) is 4.79 Å². The Morgan fingerprint density at radius 1 is 1.06 bits per heavy atom. The molecule has 1 heterocycles. The Balaban J connectivity index is 1.81. The summed E-state index contributed by atoms with van der Waals surface area (Å²) in [5.74, 6) is -0.778. The normalized spacial score (nSPS) is 15.8. The summed E-state index contributed by atoms with van der Waals surface area (Å²) in [6, 6.07) is 13.0.